The Morgan fingerprint density at radius 2 is 1.61 bits per heavy atom. The summed E-state index contributed by atoms with van der Waals surface area (Å²) in [7, 11) is 2.04. The third kappa shape index (κ3) is 6.43. The largest absolute Gasteiger partial charge is 0.350 e. The van der Waals surface area contributed by atoms with Gasteiger partial charge in [0.2, 0.25) is 5.91 Å². The fraction of sp³-hybridized carbons (Fsp3) is 0.318. The number of piperazine rings is 1. The molecule has 164 valence electrons. The first-order valence-electron chi connectivity index (χ1n) is 9.90. The molecule has 0 radical (unpaired) electrons. The number of amides is 3. The summed E-state index contributed by atoms with van der Waals surface area (Å²) < 4.78 is 0. The molecule has 2 N–H and O–H groups in total. The Morgan fingerprint density at radius 3 is 2.26 bits per heavy atom. The molecule has 2 aromatic carbocycles. The smallest absolute Gasteiger partial charge is 0.253 e. The fourth-order valence-corrected chi connectivity index (χ4v) is 3.64. The SMILES string of the molecule is CN1CCN(C(=O)c2ccc(CNC(=O)CNC(=O)c3ccc(Cl)cc3Cl)cc2)CC1. The molecule has 1 fully saturated rings. The van der Waals surface area contributed by atoms with E-state index in [4.69, 9.17) is 23.2 Å². The number of benzene rings is 2. The molecule has 0 aliphatic carbocycles. The van der Waals surface area contributed by atoms with Gasteiger partial charge >= 0.3 is 0 Å². The van der Waals surface area contributed by atoms with E-state index in [1.54, 1.807) is 18.2 Å². The highest BCUT2D eigenvalue weighted by molar-refractivity contribution is 6.36. The van der Waals surface area contributed by atoms with Crippen LogP contribution in [0.4, 0.5) is 0 Å². The molecule has 7 nitrogen and oxygen atoms in total. The monoisotopic (exact) mass is 462 g/mol. The van der Waals surface area contributed by atoms with Gasteiger partial charge in [0.1, 0.15) is 0 Å². The molecule has 0 saturated carbocycles. The topological polar surface area (TPSA) is 81.8 Å². The molecule has 1 aliphatic heterocycles. The zero-order valence-corrected chi connectivity index (χ0v) is 18.7. The van der Waals surface area contributed by atoms with Crippen LogP contribution in [0.1, 0.15) is 26.3 Å². The minimum Gasteiger partial charge on any atom is -0.350 e. The first-order chi connectivity index (χ1) is 14.8. The van der Waals surface area contributed by atoms with Crippen LogP contribution in [-0.2, 0) is 11.3 Å². The number of halogens is 2. The first-order valence-corrected chi connectivity index (χ1v) is 10.7. The van der Waals surface area contributed by atoms with Gasteiger partial charge in [0, 0.05) is 43.3 Å². The lowest BCUT2D eigenvalue weighted by Gasteiger charge is -2.32. The van der Waals surface area contributed by atoms with Gasteiger partial charge in [-0.1, -0.05) is 35.3 Å². The summed E-state index contributed by atoms with van der Waals surface area (Å²) in [5.41, 5.74) is 1.74. The third-order valence-corrected chi connectivity index (χ3v) is 5.61. The Kier molecular flexibility index (Phi) is 7.90. The van der Waals surface area contributed by atoms with Crippen molar-refractivity contribution in [1.29, 1.82) is 0 Å². The summed E-state index contributed by atoms with van der Waals surface area (Å²) in [6.45, 7) is 3.30. The van der Waals surface area contributed by atoms with Gasteiger partial charge in [0.15, 0.2) is 0 Å². The molecular formula is C22H24Cl2N4O3. The summed E-state index contributed by atoms with van der Waals surface area (Å²) in [5, 5.41) is 5.91. The molecule has 1 saturated heterocycles. The second-order valence-electron chi connectivity index (χ2n) is 7.38. The number of likely N-dealkylation sites (N-methyl/N-ethyl adjacent to an activating group) is 1. The predicted octanol–water partition coefficient (Wildman–Crippen LogP) is 2.43. The van der Waals surface area contributed by atoms with E-state index in [0.29, 0.717) is 17.1 Å². The number of carbonyl (C=O) groups excluding carboxylic acids is 3. The Bertz CT molecular complexity index is 958. The van der Waals surface area contributed by atoms with Gasteiger partial charge < -0.3 is 20.4 Å². The summed E-state index contributed by atoms with van der Waals surface area (Å²) in [5.74, 6) is -0.771. The number of nitrogens with one attached hydrogen (secondary N) is 2. The van der Waals surface area contributed by atoms with E-state index in [1.165, 1.54) is 12.1 Å². The van der Waals surface area contributed by atoms with Crippen molar-refractivity contribution in [3.8, 4) is 0 Å². The summed E-state index contributed by atoms with van der Waals surface area (Å²) in [6.07, 6.45) is 0. The zero-order chi connectivity index (χ0) is 22.4. The molecule has 0 bridgehead atoms. The van der Waals surface area contributed by atoms with Crippen molar-refractivity contribution in [2.75, 3.05) is 39.8 Å². The molecule has 1 heterocycles. The lowest BCUT2D eigenvalue weighted by molar-refractivity contribution is -0.120. The second-order valence-corrected chi connectivity index (χ2v) is 8.22. The lowest BCUT2D eigenvalue weighted by Crippen LogP contribution is -2.47. The van der Waals surface area contributed by atoms with Gasteiger partial charge in [-0.3, -0.25) is 14.4 Å². The molecule has 2 aromatic rings. The van der Waals surface area contributed by atoms with E-state index in [9.17, 15) is 14.4 Å². The molecule has 3 rings (SSSR count). The highest BCUT2D eigenvalue weighted by Crippen LogP contribution is 2.20. The van der Waals surface area contributed by atoms with E-state index in [2.05, 4.69) is 15.5 Å². The molecular weight excluding hydrogens is 439 g/mol. The van der Waals surface area contributed by atoms with Gasteiger partial charge in [-0.25, -0.2) is 0 Å². The van der Waals surface area contributed by atoms with Crippen LogP contribution < -0.4 is 10.6 Å². The van der Waals surface area contributed by atoms with Crippen LogP contribution in [0.25, 0.3) is 0 Å². The Morgan fingerprint density at radius 1 is 0.935 bits per heavy atom. The van der Waals surface area contributed by atoms with E-state index in [0.717, 1.165) is 31.7 Å². The molecule has 0 aromatic heterocycles. The van der Waals surface area contributed by atoms with Crippen molar-refractivity contribution in [2.24, 2.45) is 0 Å². The molecule has 3 amide bonds. The average molecular weight is 463 g/mol. The fourth-order valence-electron chi connectivity index (χ4n) is 3.15. The number of nitrogens with zero attached hydrogens (tertiary/aromatic N) is 2. The summed E-state index contributed by atoms with van der Waals surface area (Å²) >= 11 is 11.8. The lowest BCUT2D eigenvalue weighted by atomic mass is 10.1. The summed E-state index contributed by atoms with van der Waals surface area (Å²) in [4.78, 5) is 40.8. The predicted molar refractivity (Wildman–Crippen MR) is 120 cm³/mol. The highest BCUT2D eigenvalue weighted by Gasteiger charge is 2.20. The summed E-state index contributed by atoms with van der Waals surface area (Å²) in [6, 6.07) is 11.7. The van der Waals surface area contributed by atoms with Crippen LogP contribution in [0.3, 0.4) is 0 Å². The van der Waals surface area contributed by atoms with Gasteiger partial charge in [0.25, 0.3) is 11.8 Å². The van der Waals surface area contributed by atoms with Gasteiger partial charge in [-0.05, 0) is 42.9 Å². The van der Waals surface area contributed by atoms with Crippen molar-refractivity contribution in [1.82, 2.24) is 20.4 Å². The molecule has 1 aliphatic rings. The standard InChI is InChI=1S/C22H24Cl2N4O3/c1-27-8-10-28(11-9-27)22(31)16-4-2-15(3-5-16)13-25-20(29)14-26-21(30)18-7-6-17(23)12-19(18)24/h2-7,12H,8-11,13-14H2,1H3,(H,25,29)(H,26,30). The maximum Gasteiger partial charge on any atom is 0.253 e. The van der Waals surface area contributed by atoms with Crippen LogP contribution in [-0.4, -0.2) is 67.3 Å². The number of hydrogen-bond donors (Lipinski definition) is 2. The van der Waals surface area contributed by atoms with Gasteiger partial charge in [0.05, 0.1) is 17.1 Å². The molecule has 0 atom stereocenters. The van der Waals surface area contributed by atoms with Crippen molar-refractivity contribution in [2.45, 2.75) is 6.54 Å². The Hall–Kier alpha value is -2.61. The molecule has 0 unspecified atom stereocenters. The zero-order valence-electron chi connectivity index (χ0n) is 17.2. The number of rotatable bonds is 6. The van der Waals surface area contributed by atoms with Crippen molar-refractivity contribution >= 4 is 40.9 Å². The van der Waals surface area contributed by atoms with Crippen LogP contribution in [0.15, 0.2) is 42.5 Å². The van der Waals surface area contributed by atoms with Gasteiger partial charge in [-0.2, -0.15) is 0 Å². The molecule has 9 heteroatoms. The van der Waals surface area contributed by atoms with Crippen LogP contribution in [0.5, 0.6) is 0 Å². The van der Waals surface area contributed by atoms with E-state index in [1.807, 2.05) is 24.1 Å². The molecule has 0 spiro atoms. The van der Waals surface area contributed by atoms with E-state index >= 15 is 0 Å². The Labute approximate surface area is 191 Å². The Balaban J connectivity index is 1.44. The van der Waals surface area contributed by atoms with Crippen molar-refractivity contribution in [3.05, 3.63) is 69.2 Å². The quantitative estimate of drug-likeness (QED) is 0.690. The number of hydrogen-bond acceptors (Lipinski definition) is 4. The maximum atomic E-state index is 12.6. The van der Waals surface area contributed by atoms with Crippen molar-refractivity contribution < 1.29 is 14.4 Å². The minimum atomic E-state index is -0.455. The number of carbonyl (C=O) groups is 3. The highest BCUT2D eigenvalue weighted by atomic mass is 35.5. The van der Waals surface area contributed by atoms with Crippen LogP contribution in [0.2, 0.25) is 10.0 Å². The second kappa shape index (κ2) is 10.6. The molecule has 31 heavy (non-hydrogen) atoms. The van der Waals surface area contributed by atoms with Gasteiger partial charge in [-0.15, -0.1) is 0 Å². The van der Waals surface area contributed by atoms with E-state index < -0.39 is 5.91 Å². The minimum absolute atomic E-state index is 0.0206. The third-order valence-electron chi connectivity index (χ3n) is 5.07. The van der Waals surface area contributed by atoms with Crippen LogP contribution >= 0.6 is 23.2 Å². The first kappa shape index (κ1) is 23.1. The average Bonchev–Trinajstić information content (AvgIpc) is 2.76. The van der Waals surface area contributed by atoms with Crippen LogP contribution in [0, 0.1) is 0 Å². The van der Waals surface area contributed by atoms with E-state index in [-0.39, 0.29) is 28.9 Å². The normalized spacial score (nSPS) is 14.2. The van der Waals surface area contributed by atoms with Crippen molar-refractivity contribution in [3.63, 3.8) is 0 Å². The maximum absolute atomic E-state index is 12.6.